The number of ether oxygens (including phenoxy) is 2. The van der Waals surface area contributed by atoms with Crippen LogP contribution in [0.5, 0.6) is 11.5 Å². The third-order valence-electron chi connectivity index (χ3n) is 3.98. The second-order valence-electron chi connectivity index (χ2n) is 6.17. The van der Waals surface area contributed by atoms with Gasteiger partial charge in [-0.3, -0.25) is 4.79 Å². The van der Waals surface area contributed by atoms with Crippen molar-refractivity contribution in [2.24, 2.45) is 0 Å². The van der Waals surface area contributed by atoms with Gasteiger partial charge in [0.2, 0.25) is 0 Å². The van der Waals surface area contributed by atoms with Gasteiger partial charge in [0.05, 0.1) is 12.3 Å². The third-order valence-corrected chi connectivity index (χ3v) is 3.98. The van der Waals surface area contributed by atoms with Crippen LogP contribution in [0.1, 0.15) is 19.2 Å². The van der Waals surface area contributed by atoms with Crippen molar-refractivity contribution in [2.75, 3.05) is 18.5 Å². The van der Waals surface area contributed by atoms with Gasteiger partial charge in [-0.25, -0.2) is 9.37 Å². The summed E-state index contributed by atoms with van der Waals surface area (Å²) in [6.45, 7) is 4.29. The fourth-order valence-corrected chi connectivity index (χ4v) is 2.61. The summed E-state index contributed by atoms with van der Waals surface area (Å²) in [5.41, 5.74) is 0.727. The molecule has 0 fully saturated rings. The van der Waals surface area contributed by atoms with E-state index in [-0.39, 0.29) is 12.5 Å². The van der Waals surface area contributed by atoms with Gasteiger partial charge in [-0.2, -0.15) is 0 Å². The van der Waals surface area contributed by atoms with E-state index in [9.17, 15) is 9.18 Å². The Hall–Kier alpha value is -3.35. The number of benzene rings is 2. The van der Waals surface area contributed by atoms with Gasteiger partial charge in [-0.1, -0.05) is 6.92 Å². The molecule has 0 bridgehead atoms. The van der Waals surface area contributed by atoms with Gasteiger partial charge in [0.1, 0.15) is 23.1 Å². The Kier molecular flexibility index (Phi) is 6.26. The molecule has 1 amide bonds. The van der Waals surface area contributed by atoms with Crippen LogP contribution in [0.2, 0.25) is 0 Å². The predicted molar refractivity (Wildman–Crippen MR) is 105 cm³/mol. The molecule has 0 saturated carbocycles. The minimum atomic E-state index is -0.456. The maximum absolute atomic E-state index is 14.4. The molecule has 0 radical (unpaired) electrons. The molecule has 3 rings (SSSR count). The van der Waals surface area contributed by atoms with Crippen LogP contribution in [0.4, 0.5) is 10.1 Å². The Bertz CT molecular complexity index is 938. The van der Waals surface area contributed by atoms with Crippen molar-refractivity contribution in [3.8, 4) is 17.2 Å². The first-order valence-electron chi connectivity index (χ1n) is 9.02. The van der Waals surface area contributed by atoms with Gasteiger partial charge in [0.15, 0.2) is 6.61 Å². The number of aryl methyl sites for hydroxylation is 1. The number of nitrogens with one attached hydrogen (secondary N) is 1. The molecule has 146 valence electrons. The highest BCUT2D eigenvalue weighted by Gasteiger charge is 2.10. The van der Waals surface area contributed by atoms with E-state index >= 15 is 0 Å². The monoisotopic (exact) mass is 383 g/mol. The summed E-state index contributed by atoms with van der Waals surface area (Å²) in [6, 6.07) is 11.5. The van der Waals surface area contributed by atoms with E-state index in [1.807, 2.05) is 6.92 Å². The summed E-state index contributed by atoms with van der Waals surface area (Å²) in [6.07, 6.45) is 4.21. The number of hydrogen-bond acceptors (Lipinski definition) is 4. The lowest BCUT2D eigenvalue weighted by Gasteiger charge is -2.11. The van der Waals surface area contributed by atoms with Crippen molar-refractivity contribution in [3.63, 3.8) is 0 Å². The van der Waals surface area contributed by atoms with Crippen molar-refractivity contribution in [3.05, 3.63) is 66.5 Å². The molecule has 1 heterocycles. The molecule has 3 aromatic rings. The van der Waals surface area contributed by atoms with E-state index < -0.39 is 5.82 Å². The first-order valence-corrected chi connectivity index (χ1v) is 9.02. The molecule has 0 spiro atoms. The van der Waals surface area contributed by atoms with Gasteiger partial charge in [0.25, 0.3) is 5.91 Å². The van der Waals surface area contributed by atoms with Gasteiger partial charge in [-0.05, 0) is 55.8 Å². The number of amides is 1. The zero-order valence-corrected chi connectivity index (χ0v) is 15.8. The second kappa shape index (κ2) is 9.03. The molecule has 0 aliphatic carbocycles. The molecule has 0 aliphatic heterocycles. The summed E-state index contributed by atoms with van der Waals surface area (Å²) < 4.78 is 27.0. The van der Waals surface area contributed by atoms with Gasteiger partial charge < -0.3 is 19.4 Å². The lowest BCUT2D eigenvalue weighted by molar-refractivity contribution is -0.118. The zero-order chi connectivity index (χ0) is 19.9. The highest BCUT2D eigenvalue weighted by atomic mass is 19.1. The number of carbonyl (C=O) groups excluding carboxylic acids is 1. The molecular weight excluding hydrogens is 361 g/mol. The highest BCUT2D eigenvalue weighted by Crippen LogP contribution is 2.20. The summed E-state index contributed by atoms with van der Waals surface area (Å²) in [4.78, 5) is 16.2. The number of anilines is 1. The lowest BCUT2D eigenvalue weighted by atomic mass is 10.2. The van der Waals surface area contributed by atoms with Crippen LogP contribution in [0.15, 0.2) is 54.9 Å². The molecular formula is C21H22FN3O3. The molecule has 28 heavy (non-hydrogen) atoms. The van der Waals surface area contributed by atoms with Crippen LogP contribution in [0.25, 0.3) is 5.69 Å². The van der Waals surface area contributed by atoms with E-state index in [1.54, 1.807) is 60.3 Å². The van der Waals surface area contributed by atoms with Crippen molar-refractivity contribution >= 4 is 11.6 Å². The molecule has 7 heteroatoms. The normalized spacial score (nSPS) is 10.5. The fraction of sp³-hybridized carbons (Fsp3) is 0.238. The van der Waals surface area contributed by atoms with E-state index in [2.05, 4.69) is 10.3 Å². The molecule has 1 N–H and O–H groups in total. The standard InChI is InChI=1S/C21H22FN3O3/c1-3-12-27-17-5-7-18(8-6-17)28-14-21(26)24-16-4-9-20(19(22)13-16)25-11-10-23-15(25)2/h4-11,13H,3,12,14H2,1-2H3,(H,24,26). The Morgan fingerprint density at radius 1 is 1.14 bits per heavy atom. The summed E-state index contributed by atoms with van der Waals surface area (Å²) in [5, 5.41) is 2.63. The minimum absolute atomic E-state index is 0.181. The average molecular weight is 383 g/mol. The SMILES string of the molecule is CCCOc1ccc(OCC(=O)Nc2ccc(-n3ccnc3C)c(F)c2)cc1. The Morgan fingerprint density at radius 2 is 1.86 bits per heavy atom. The van der Waals surface area contributed by atoms with Crippen LogP contribution >= 0.6 is 0 Å². The molecule has 0 atom stereocenters. The molecule has 2 aromatic carbocycles. The van der Waals surface area contributed by atoms with Crippen LogP contribution in [-0.2, 0) is 4.79 Å². The largest absolute Gasteiger partial charge is 0.494 e. The zero-order valence-electron chi connectivity index (χ0n) is 15.8. The molecule has 1 aromatic heterocycles. The Labute approximate surface area is 162 Å². The second-order valence-corrected chi connectivity index (χ2v) is 6.17. The Morgan fingerprint density at radius 3 is 2.46 bits per heavy atom. The summed E-state index contributed by atoms with van der Waals surface area (Å²) in [5.74, 6) is 1.15. The Balaban J connectivity index is 1.55. The third kappa shape index (κ3) is 4.88. The number of carbonyl (C=O) groups is 1. The molecule has 6 nitrogen and oxygen atoms in total. The fourth-order valence-electron chi connectivity index (χ4n) is 2.61. The highest BCUT2D eigenvalue weighted by molar-refractivity contribution is 5.92. The number of rotatable bonds is 8. The van der Waals surface area contributed by atoms with Crippen LogP contribution in [0.3, 0.4) is 0 Å². The average Bonchev–Trinajstić information content (AvgIpc) is 3.11. The van der Waals surface area contributed by atoms with E-state index in [1.165, 1.54) is 6.07 Å². The lowest BCUT2D eigenvalue weighted by Crippen LogP contribution is -2.20. The summed E-state index contributed by atoms with van der Waals surface area (Å²) >= 11 is 0. The van der Waals surface area contributed by atoms with Crippen molar-refractivity contribution in [1.82, 2.24) is 9.55 Å². The van der Waals surface area contributed by atoms with E-state index in [4.69, 9.17) is 9.47 Å². The van der Waals surface area contributed by atoms with Crippen molar-refractivity contribution in [1.29, 1.82) is 0 Å². The van der Waals surface area contributed by atoms with Crippen molar-refractivity contribution in [2.45, 2.75) is 20.3 Å². The smallest absolute Gasteiger partial charge is 0.262 e. The maximum atomic E-state index is 14.4. The van der Waals surface area contributed by atoms with Crippen LogP contribution in [-0.4, -0.2) is 28.7 Å². The number of nitrogens with zero attached hydrogens (tertiary/aromatic N) is 2. The first kappa shape index (κ1) is 19.4. The van der Waals surface area contributed by atoms with E-state index in [0.29, 0.717) is 29.6 Å². The van der Waals surface area contributed by atoms with Gasteiger partial charge >= 0.3 is 0 Å². The number of hydrogen-bond donors (Lipinski definition) is 1. The molecule has 0 unspecified atom stereocenters. The maximum Gasteiger partial charge on any atom is 0.262 e. The number of imidazole rings is 1. The predicted octanol–water partition coefficient (Wildman–Crippen LogP) is 4.13. The minimum Gasteiger partial charge on any atom is -0.494 e. The van der Waals surface area contributed by atoms with Gasteiger partial charge in [-0.15, -0.1) is 0 Å². The van der Waals surface area contributed by atoms with E-state index in [0.717, 1.165) is 12.2 Å². The summed E-state index contributed by atoms with van der Waals surface area (Å²) in [7, 11) is 0. The van der Waals surface area contributed by atoms with Crippen molar-refractivity contribution < 1.29 is 18.7 Å². The van der Waals surface area contributed by atoms with Crippen LogP contribution < -0.4 is 14.8 Å². The van der Waals surface area contributed by atoms with Gasteiger partial charge in [0, 0.05) is 18.1 Å². The topological polar surface area (TPSA) is 65.4 Å². The molecule has 0 aliphatic rings. The number of aromatic nitrogens is 2. The van der Waals surface area contributed by atoms with Crippen LogP contribution in [0, 0.1) is 12.7 Å². The molecule has 0 saturated heterocycles. The number of halogens is 1. The quantitative estimate of drug-likeness (QED) is 0.635. The first-order chi connectivity index (χ1) is 13.6.